The normalized spacial score (nSPS) is 13.3. The summed E-state index contributed by atoms with van der Waals surface area (Å²) in [5, 5.41) is 1.67. The van der Waals surface area contributed by atoms with Crippen molar-refractivity contribution in [2.75, 3.05) is 0 Å². The van der Waals surface area contributed by atoms with Gasteiger partial charge in [-0.2, -0.15) is 0 Å². The van der Waals surface area contributed by atoms with Gasteiger partial charge in [0.2, 0.25) is 0 Å². The van der Waals surface area contributed by atoms with Crippen LogP contribution >= 0.6 is 15.9 Å². The molecule has 1 aromatic carbocycles. The Bertz CT molecular complexity index is 549. The molecule has 3 heteroatoms. The fourth-order valence-electron chi connectivity index (χ4n) is 1.98. The second-order valence-corrected chi connectivity index (χ2v) is 12.1. The number of halogens is 1. The summed E-state index contributed by atoms with van der Waals surface area (Å²) in [6.45, 7) is 11.9. The lowest BCUT2D eigenvalue weighted by atomic mass is 10.2. The van der Waals surface area contributed by atoms with Gasteiger partial charge in [0.1, 0.15) is 0 Å². The summed E-state index contributed by atoms with van der Waals surface area (Å²) in [7, 11) is -1.52. The third-order valence-corrected chi connectivity index (χ3v) is 10.1. The lowest BCUT2D eigenvalue weighted by Crippen LogP contribution is -2.44. The maximum Gasteiger partial charge on any atom is 0.161 e. The van der Waals surface area contributed by atoms with Gasteiger partial charge in [0.15, 0.2) is 8.24 Å². The molecule has 1 heterocycles. The lowest BCUT2D eigenvalue weighted by Gasteiger charge is -2.38. The molecule has 0 saturated carbocycles. The largest absolute Gasteiger partial charge is 0.374 e. The van der Waals surface area contributed by atoms with Crippen LogP contribution in [0.3, 0.4) is 0 Å². The Morgan fingerprint density at radius 2 is 1.76 bits per heavy atom. The van der Waals surface area contributed by atoms with Crippen LogP contribution in [0.25, 0.3) is 10.9 Å². The van der Waals surface area contributed by atoms with Gasteiger partial charge in [-0.25, -0.2) is 0 Å². The SMILES string of the molecule is CC(C)(C)[Si](C)(C)n1ccc2c(Br)cccc21. The summed E-state index contributed by atoms with van der Waals surface area (Å²) < 4.78 is 3.71. The van der Waals surface area contributed by atoms with Crippen molar-refractivity contribution >= 4 is 35.1 Å². The fourth-order valence-corrected chi connectivity index (χ4v) is 4.43. The van der Waals surface area contributed by atoms with E-state index in [0.717, 1.165) is 0 Å². The van der Waals surface area contributed by atoms with Crippen molar-refractivity contribution in [3.63, 3.8) is 0 Å². The van der Waals surface area contributed by atoms with Crippen LogP contribution in [-0.4, -0.2) is 12.5 Å². The molecule has 0 N–H and O–H groups in total. The Labute approximate surface area is 113 Å². The van der Waals surface area contributed by atoms with Crippen LogP contribution in [-0.2, 0) is 0 Å². The van der Waals surface area contributed by atoms with E-state index in [0.29, 0.717) is 5.04 Å². The maximum absolute atomic E-state index is 3.63. The van der Waals surface area contributed by atoms with E-state index in [-0.39, 0.29) is 0 Å². The zero-order valence-electron chi connectivity index (χ0n) is 11.2. The molecular weight excluding hydrogens is 290 g/mol. The molecule has 0 aliphatic rings. The Morgan fingerprint density at radius 1 is 1.12 bits per heavy atom. The molecule has 0 spiro atoms. The average molecular weight is 310 g/mol. The number of rotatable bonds is 1. The number of hydrogen-bond donors (Lipinski definition) is 0. The van der Waals surface area contributed by atoms with Gasteiger partial charge in [-0.1, -0.05) is 55.9 Å². The van der Waals surface area contributed by atoms with Gasteiger partial charge in [-0.15, -0.1) is 0 Å². The molecule has 2 aromatic rings. The van der Waals surface area contributed by atoms with E-state index in [9.17, 15) is 0 Å². The predicted molar refractivity (Wildman–Crippen MR) is 82.2 cm³/mol. The highest BCUT2D eigenvalue weighted by Crippen LogP contribution is 2.39. The molecule has 0 atom stereocenters. The first kappa shape index (κ1) is 12.9. The second kappa shape index (κ2) is 3.99. The highest BCUT2D eigenvalue weighted by Gasteiger charge is 2.38. The van der Waals surface area contributed by atoms with Crippen LogP contribution in [0.1, 0.15) is 20.8 Å². The van der Waals surface area contributed by atoms with Crippen molar-refractivity contribution in [2.24, 2.45) is 0 Å². The second-order valence-electron chi connectivity index (χ2n) is 6.17. The Morgan fingerprint density at radius 3 is 2.35 bits per heavy atom. The van der Waals surface area contributed by atoms with Crippen molar-refractivity contribution < 1.29 is 0 Å². The number of fused-ring (bicyclic) bond motifs is 1. The highest BCUT2D eigenvalue weighted by atomic mass is 79.9. The topological polar surface area (TPSA) is 4.93 Å². The van der Waals surface area contributed by atoms with E-state index < -0.39 is 8.24 Å². The summed E-state index contributed by atoms with van der Waals surface area (Å²) in [5.41, 5.74) is 1.35. The van der Waals surface area contributed by atoms with Crippen molar-refractivity contribution in [1.29, 1.82) is 0 Å². The molecular formula is C14H20BrNSi. The monoisotopic (exact) mass is 309 g/mol. The minimum atomic E-state index is -1.52. The molecule has 1 nitrogen and oxygen atoms in total. The van der Waals surface area contributed by atoms with Crippen molar-refractivity contribution in [1.82, 2.24) is 4.23 Å². The highest BCUT2D eigenvalue weighted by molar-refractivity contribution is 9.10. The lowest BCUT2D eigenvalue weighted by molar-refractivity contribution is 0.703. The summed E-state index contributed by atoms with van der Waals surface area (Å²) in [6, 6.07) is 8.68. The van der Waals surface area contributed by atoms with E-state index in [1.807, 2.05) is 0 Å². The average Bonchev–Trinajstić information content (AvgIpc) is 2.61. The van der Waals surface area contributed by atoms with Crippen LogP contribution < -0.4 is 0 Å². The fraction of sp³-hybridized carbons (Fsp3) is 0.429. The maximum atomic E-state index is 3.63. The van der Waals surface area contributed by atoms with Crippen LogP contribution in [0.5, 0.6) is 0 Å². The van der Waals surface area contributed by atoms with E-state index >= 15 is 0 Å². The van der Waals surface area contributed by atoms with Gasteiger partial charge in [-0.05, 0) is 29.4 Å². The van der Waals surface area contributed by atoms with Crippen molar-refractivity contribution in [3.8, 4) is 0 Å². The summed E-state index contributed by atoms with van der Waals surface area (Å²) >= 11 is 3.63. The van der Waals surface area contributed by atoms with Crippen molar-refractivity contribution in [3.05, 3.63) is 34.9 Å². The molecule has 0 unspecified atom stereocenters. The Kier molecular flexibility index (Phi) is 3.03. The molecule has 2 rings (SSSR count). The molecule has 0 aliphatic carbocycles. The predicted octanol–water partition coefficient (Wildman–Crippen LogP) is 5.26. The summed E-state index contributed by atoms with van der Waals surface area (Å²) in [6.07, 6.45) is 2.26. The van der Waals surface area contributed by atoms with Crippen molar-refractivity contribution in [2.45, 2.75) is 38.9 Å². The first-order valence-corrected chi connectivity index (χ1v) is 9.75. The first-order chi connectivity index (χ1) is 7.75. The standard InChI is InChI=1S/C14H20BrNSi/c1-14(2,3)17(4,5)16-10-9-11-12(15)7-6-8-13(11)16/h6-10H,1-5H3. The van der Waals surface area contributed by atoms with E-state index in [4.69, 9.17) is 0 Å². The molecule has 1 aromatic heterocycles. The van der Waals surface area contributed by atoms with Gasteiger partial charge in [0.05, 0.1) is 0 Å². The molecule has 0 saturated heterocycles. The molecule has 17 heavy (non-hydrogen) atoms. The van der Waals surface area contributed by atoms with E-state index in [1.54, 1.807) is 0 Å². The molecule has 92 valence electrons. The summed E-state index contributed by atoms with van der Waals surface area (Å²) in [5.74, 6) is 0. The van der Waals surface area contributed by atoms with Crippen LogP contribution in [0, 0.1) is 0 Å². The van der Waals surface area contributed by atoms with E-state index in [1.165, 1.54) is 15.4 Å². The van der Waals surface area contributed by atoms with Crippen LogP contribution in [0.4, 0.5) is 0 Å². The third kappa shape index (κ3) is 2.00. The molecule has 0 radical (unpaired) electrons. The van der Waals surface area contributed by atoms with Gasteiger partial charge < -0.3 is 4.23 Å². The number of benzene rings is 1. The molecule has 0 aliphatic heterocycles. The Balaban J connectivity index is 2.69. The van der Waals surface area contributed by atoms with Crippen LogP contribution in [0.2, 0.25) is 18.1 Å². The Hall–Kier alpha value is -0.543. The van der Waals surface area contributed by atoms with Gasteiger partial charge in [0, 0.05) is 15.4 Å². The van der Waals surface area contributed by atoms with Gasteiger partial charge >= 0.3 is 0 Å². The zero-order valence-corrected chi connectivity index (χ0v) is 13.8. The smallest absolute Gasteiger partial charge is 0.161 e. The number of nitrogens with zero attached hydrogens (tertiary/aromatic N) is 1. The zero-order chi connectivity index (χ0) is 12.8. The molecule has 0 fully saturated rings. The molecule has 0 bridgehead atoms. The summed E-state index contributed by atoms with van der Waals surface area (Å²) in [4.78, 5) is 0. The molecule has 0 amide bonds. The minimum Gasteiger partial charge on any atom is -0.374 e. The van der Waals surface area contributed by atoms with E-state index in [2.05, 4.69) is 84.5 Å². The number of aromatic nitrogens is 1. The van der Waals surface area contributed by atoms with Gasteiger partial charge in [-0.3, -0.25) is 0 Å². The van der Waals surface area contributed by atoms with Gasteiger partial charge in [0.25, 0.3) is 0 Å². The quantitative estimate of drug-likeness (QED) is 0.633. The number of hydrogen-bond acceptors (Lipinski definition) is 0. The first-order valence-electron chi connectivity index (χ1n) is 6.01. The third-order valence-electron chi connectivity index (χ3n) is 4.12. The van der Waals surface area contributed by atoms with Crippen LogP contribution in [0.15, 0.2) is 34.9 Å². The minimum absolute atomic E-state index is 0.348.